The molecule has 0 bridgehead atoms. The zero-order chi connectivity index (χ0) is 17.1. The lowest BCUT2D eigenvalue weighted by Gasteiger charge is -2.37. The molecule has 0 saturated carbocycles. The van der Waals surface area contributed by atoms with Crippen molar-refractivity contribution >= 4 is 17.6 Å². The summed E-state index contributed by atoms with van der Waals surface area (Å²) in [6.07, 6.45) is 3.40. The van der Waals surface area contributed by atoms with E-state index in [0.717, 1.165) is 36.2 Å². The monoisotopic (exact) mass is 344 g/mol. The van der Waals surface area contributed by atoms with E-state index in [1.807, 2.05) is 43.3 Å². The van der Waals surface area contributed by atoms with Gasteiger partial charge >= 0.3 is 5.97 Å². The zero-order valence-corrected chi connectivity index (χ0v) is 14.4. The van der Waals surface area contributed by atoms with Gasteiger partial charge in [-0.25, -0.2) is 0 Å². The Morgan fingerprint density at radius 1 is 1.38 bits per heavy atom. The van der Waals surface area contributed by atoms with Gasteiger partial charge in [-0.15, -0.1) is 0 Å². The molecule has 0 aliphatic carbocycles. The predicted molar refractivity (Wildman–Crippen MR) is 94.2 cm³/mol. The van der Waals surface area contributed by atoms with Crippen molar-refractivity contribution in [3.63, 3.8) is 0 Å². The van der Waals surface area contributed by atoms with E-state index in [-0.39, 0.29) is 12.0 Å². The highest BCUT2D eigenvalue weighted by Crippen LogP contribution is 2.34. The first-order valence-electron chi connectivity index (χ1n) is 8.20. The smallest absolute Gasteiger partial charge is 0.307 e. The van der Waals surface area contributed by atoms with Gasteiger partial charge in [0.05, 0.1) is 17.7 Å². The molecule has 1 aliphatic heterocycles. The van der Waals surface area contributed by atoms with E-state index in [9.17, 15) is 9.90 Å². The minimum absolute atomic E-state index is 0.0768. The minimum atomic E-state index is -0.720. The number of pyridine rings is 1. The van der Waals surface area contributed by atoms with Crippen LogP contribution in [-0.4, -0.2) is 34.0 Å². The third-order valence-electron chi connectivity index (χ3n) is 4.64. The van der Waals surface area contributed by atoms with Gasteiger partial charge in [-0.2, -0.15) is 0 Å². The third kappa shape index (κ3) is 3.60. The number of nitrogens with zero attached hydrogens (tertiary/aromatic N) is 2. The molecule has 1 fully saturated rings. The lowest BCUT2D eigenvalue weighted by molar-refractivity contribution is -0.143. The number of likely N-dealkylation sites (tertiary alicyclic amines) is 1. The Balaban J connectivity index is 2.02. The van der Waals surface area contributed by atoms with Crippen molar-refractivity contribution in [2.75, 3.05) is 13.1 Å². The molecule has 2 atom stereocenters. The van der Waals surface area contributed by atoms with E-state index in [4.69, 9.17) is 11.6 Å². The van der Waals surface area contributed by atoms with Crippen LogP contribution in [0.5, 0.6) is 0 Å². The lowest BCUT2D eigenvalue weighted by Crippen LogP contribution is -2.41. The normalized spacial score (nSPS) is 19.8. The number of carboxylic acids is 1. The number of aryl methyl sites for hydroxylation is 1. The molecule has 1 aromatic heterocycles. The summed E-state index contributed by atoms with van der Waals surface area (Å²) in [7, 11) is 0. The lowest BCUT2D eigenvalue weighted by atomic mass is 9.92. The Labute approximate surface area is 147 Å². The number of carbonyl (C=O) groups is 1. The standard InChI is InChI=1S/C19H21ClN2O2/c1-13-5-3-9-21-17(13)18(14-6-2-8-16(20)11-14)22-10-4-7-15(12-22)19(23)24/h2-3,5-6,8-9,11,15,18H,4,7,10,12H2,1H3,(H,23,24). The van der Waals surface area contributed by atoms with Gasteiger partial charge in [0, 0.05) is 17.8 Å². The van der Waals surface area contributed by atoms with Crippen molar-refractivity contribution in [2.24, 2.45) is 5.92 Å². The van der Waals surface area contributed by atoms with Crippen LogP contribution in [0.2, 0.25) is 5.02 Å². The summed E-state index contributed by atoms with van der Waals surface area (Å²) in [6, 6.07) is 11.7. The molecule has 1 aliphatic rings. The largest absolute Gasteiger partial charge is 0.481 e. The number of rotatable bonds is 4. The molecule has 126 valence electrons. The van der Waals surface area contributed by atoms with Crippen LogP contribution in [0.1, 0.15) is 35.7 Å². The maximum Gasteiger partial charge on any atom is 0.307 e. The summed E-state index contributed by atoms with van der Waals surface area (Å²) in [5.41, 5.74) is 3.11. The fourth-order valence-electron chi connectivity index (χ4n) is 3.44. The first-order chi connectivity index (χ1) is 11.6. The van der Waals surface area contributed by atoms with E-state index in [2.05, 4.69) is 9.88 Å². The van der Waals surface area contributed by atoms with Gasteiger partial charge in [0.25, 0.3) is 0 Å². The summed E-state index contributed by atoms with van der Waals surface area (Å²) in [4.78, 5) is 18.3. The number of hydrogen-bond donors (Lipinski definition) is 1. The molecule has 1 saturated heterocycles. The van der Waals surface area contributed by atoms with E-state index >= 15 is 0 Å². The molecule has 5 heteroatoms. The van der Waals surface area contributed by atoms with Crippen molar-refractivity contribution < 1.29 is 9.90 Å². The zero-order valence-electron chi connectivity index (χ0n) is 13.7. The SMILES string of the molecule is Cc1cccnc1C(c1cccc(Cl)c1)N1CCCC(C(=O)O)C1. The molecule has 0 spiro atoms. The molecule has 24 heavy (non-hydrogen) atoms. The molecule has 3 rings (SSSR count). The van der Waals surface area contributed by atoms with E-state index in [1.165, 1.54) is 0 Å². The average Bonchev–Trinajstić information content (AvgIpc) is 2.57. The minimum Gasteiger partial charge on any atom is -0.481 e. The highest BCUT2D eigenvalue weighted by molar-refractivity contribution is 6.30. The quantitative estimate of drug-likeness (QED) is 0.913. The highest BCUT2D eigenvalue weighted by atomic mass is 35.5. The molecule has 2 aromatic rings. The molecule has 4 nitrogen and oxygen atoms in total. The molecule has 0 amide bonds. The van der Waals surface area contributed by atoms with Crippen LogP contribution in [0.3, 0.4) is 0 Å². The number of hydrogen-bond acceptors (Lipinski definition) is 3. The first kappa shape index (κ1) is 16.9. The summed E-state index contributed by atoms with van der Waals surface area (Å²) in [5, 5.41) is 10.1. The summed E-state index contributed by atoms with van der Waals surface area (Å²) in [5.74, 6) is -1.05. The van der Waals surface area contributed by atoms with Crippen LogP contribution in [0.15, 0.2) is 42.6 Å². The third-order valence-corrected chi connectivity index (χ3v) is 4.88. The Bertz CT molecular complexity index is 735. The summed E-state index contributed by atoms with van der Waals surface area (Å²) in [6.45, 7) is 3.43. The second kappa shape index (κ2) is 7.32. The van der Waals surface area contributed by atoms with Gasteiger partial charge in [-0.1, -0.05) is 29.8 Å². The first-order valence-corrected chi connectivity index (χ1v) is 8.58. The predicted octanol–water partition coefficient (Wildman–Crippen LogP) is 3.93. The van der Waals surface area contributed by atoms with Crippen molar-refractivity contribution in [1.29, 1.82) is 0 Å². The highest BCUT2D eigenvalue weighted by Gasteiger charge is 2.32. The van der Waals surface area contributed by atoms with E-state index in [1.54, 1.807) is 6.20 Å². The molecule has 0 radical (unpaired) electrons. The molecular formula is C19H21ClN2O2. The molecule has 2 unspecified atom stereocenters. The molecule has 1 aromatic carbocycles. The van der Waals surface area contributed by atoms with Crippen molar-refractivity contribution in [1.82, 2.24) is 9.88 Å². The average molecular weight is 345 g/mol. The number of aliphatic carboxylic acids is 1. The van der Waals surface area contributed by atoms with Gasteiger partial charge in [0.15, 0.2) is 0 Å². The van der Waals surface area contributed by atoms with Crippen molar-refractivity contribution in [2.45, 2.75) is 25.8 Å². The maximum absolute atomic E-state index is 11.5. The van der Waals surface area contributed by atoms with Gasteiger partial charge in [-0.05, 0) is 55.6 Å². The van der Waals surface area contributed by atoms with E-state index < -0.39 is 5.97 Å². The number of halogens is 1. The van der Waals surface area contributed by atoms with Crippen LogP contribution in [0.25, 0.3) is 0 Å². The fourth-order valence-corrected chi connectivity index (χ4v) is 3.64. The Morgan fingerprint density at radius 3 is 2.92 bits per heavy atom. The Hall–Kier alpha value is -1.91. The maximum atomic E-state index is 11.5. The summed E-state index contributed by atoms with van der Waals surface area (Å²) >= 11 is 6.20. The van der Waals surface area contributed by atoms with Crippen LogP contribution >= 0.6 is 11.6 Å². The van der Waals surface area contributed by atoms with Gasteiger partial charge in [0.1, 0.15) is 0 Å². The van der Waals surface area contributed by atoms with Crippen LogP contribution in [-0.2, 0) is 4.79 Å². The van der Waals surface area contributed by atoms with Crippen LogP contribution in [0.4, 0.5) is 0 Å². The fraction of sp³-hybridized carbons (Fsp3) is 0.368. The van der Waals surface area contributed by atoms with Crippen molar-refractivity contribution in [3.8, 4) is 0 Å². The molecule has 2 heterocycles. The van der Waals surface area contributed by atoms with Crippen LogP contribution < -0.4 is 0 Å². The second-order valence-electron chi connectivity index (χ2n) is 6.34. The van der Waals surface area contributed by atoms with Gasteiger partial charge in [0.2, 0.25) is 0 Å². The van der Waals surface area contributed by atoms with Crippen molar-refractivity contribution in [3.05, 3.63) is 64.4 Å². The Morgan fingerprint density at radius 2 is 2.21 bits per heavy atom. The topological polar surface area (TPSA) is 53.4 Å². The Kier molecular flexibility index (Phi) is 5.17. The molecule has 1 N–H and O–H groups in total. The number of aromatic nitrogens is 1. The van der Waals surface area contributed by atoms with E-state index in [0.29, 0.717) is 11.6 Å². The number of piperidine rings is 1. The van der Waals surface area contributed by atoms with Gasteiger partial charge in [-0.3, -0.25) is 14.7 Å². The molecular weight excluding hydrogens is 324 g/mol. The summed E-state index contributed by atoms with van der Waals surface area (Å²) < 4.78 is 0. The second-order valence-corrected chi connectivity index (χ2v) is 6.77. The van der Waals surface area contributed by atoms with Gasteiger partial charge < -0.3 is 5.11 Å². The number of benzene rings is 1. The van der Waals surface area contributed by atoms with Crippen LogP contribution in [0, 0.1) is 12.8 Å². The number of carboxylic acid groups (broad SMARTS) is 1.